The Morgan fingerprint density at radius 2 is 1.90 bits per heavy atom. The number of anilines is 1. The van der Waals surface area contributed by atoms with Crippen molar-refractivity contribution in [3.8, 4) is 5.75 Å². The third kappa shape index (κ3) is 6.36. The van der Waals surface area contributed by atoms with Crippen LogP contribution in [0.2, 0.25) is 5.02 Å². The van der Waals surface area contributed by atoms with Gasteiger partial charge in [-0.2, -0.15) is 0 Å². The number of nitrogens with zero attached hydrogens (tertiary/aromatic N) is 1. The van der Waals surface area contributed by atoms with Gasteiger partial charge in [-0.25, -0.2) is 0 Å². The van der Waals surface area contributed by atoms with Crippen molar-refractivity contribution in [3.63, 3.8) is 0 Å². The molecule has 0 saturated carbocycles. The Bertz CT molecular complexity index is 446. The molecule has 1 rings (SSSR count). The first-order chi connectivity index (χ1) is 10.1. The fourth-order valence-electron chi connectivity index (χ4n) is 2.20. The summed E-state index contributed by atoms with van der Waals surface area (Å²) in [5, 5.41) is 3.36. The maximum Gasteiger partial charge on any atom is 0.225 e. The second kappa shape index (κ2) is 9.64. The predicted molar refractivity (Wildman–Crippen MR) is 88.3 cm³/mol. The van der Waals surface area contributed by atoms with Gasteiger partial charge in [-0.3, -0.25) is 4.79 Å². The molecule has 1 aromatic carbocycles. The van der Waals surface area contributed by atoms with Crippen molar-refractivity contribution in [1.82, 2.24) is 4.90 Å². The predicted octanol–water partition coefficient (Wildman–Crippen LogP) is 3.80. The van der Waals surface area contributed by atoms with Crippen LogP contribution in [0.5, 0.6) is 5.75 Å². The molecule has 21 heavy (non-hydrogen) atoms. The Balaban J connectivity index is 2.47. The van der Waals surface area contributed by atoms with Crippen molar-refractivity contribution >= 4 is 23.2 Å². The number of nitrogens with one attached hydrogen (secondary N) is 1. The first-order valence-electron chi connectivity index (χ1n) is 7.46. The molecule has 0 aromatic heterocycles. The van der Waals surface area contributed by atoms with Crippen LogP contribution in [0, 0.1) is 0 Å². The number of methoxy groups -OCH3 is 1. The summed E-state index contributed by atoms with van der Waals surface area (Å²) in [4.78, 5) is 14.3. The van der Waals surface area contributed by atoms with E-state index in [2.05, 4.69) is 24.1 Å². The van der Waals surface area contributed by atoms with Crippen LogP contribution in [-0.2, 0) is 4.79 Å². The van der Waals surface area contributed by atoms with Crippen molar-refractivity contribution in [3.05, 3.63) is 23.2 Å². The highest BCUT2D eigenvalue weighted by Gasteiger charge is 2.08. The van der Waals surface area contributed by atoms with E-state index in [4.69, 9.17) is 16.3 Å². The number of halogens is 1. The molecular weight excluding hydrogens is 288 g/mol. The first-order valence-corrected chi connectivity index (χ1v) is 7.84. The average molecular weight is 313 g/mol. The van der Waals surface area contributed by atoms with Crippen LogP contribution in [0.15, 0.2) is 18.2 Å². The minimum absolute atomic E-state index is 0.00781. The molecule has 0 unspecified atom stereocenters. The number of hydrogen-bond acceptors (Lipinski definition) is 3. The molecule has 1 amide bonds. The molecule has 4 nitrogen and oxygen atoms in total. The van der Waals surface area contributed by atoms with Crippen LogP contribution in [0.4, 0.5) is 5.69 Å². The first kappa shape index (κ1) is 17.8. The molecule has 0 aliphatic rings. The molecule has 118 valence electrons. The van der Waals surface area contributed by atoms with Crippen LogP contribution in [0.3, 0.4) is 0 Å². The number of hydrogen-bond donors (Lipinski definition) is 1. The molecule has 0 bridgehead atoms. The number of carbonyl (C=O) groups is 1. The van der Waals surface area contributed by atoms with Gasteiger partial charge in [-0.05, 0) is 44.1 Å². The molecule has 0 spiro atoms. The van der Waals surface area contributed by atoms with Crippen LogP contribution >= 0.6 is 11.6 Å². The van der Waals surface area contributed by atoms with Gasteiger partial charge in [0.1, 0.15) is 5.75 Å². The Kier molecular flexibility index (Phi) is 8.16. The zero-order valence-corrected chi connectivity index (χ0v) is 13.9. The minimum Gasteiger partial charge on any atom is -0.495 e. The van der Waals surface area contributed by atoms with Gasteiger partial charge in [0.25, 0.3) is 0 Å². The lowest BCUT2D eigenvalue weighted by Crippen LogP contribution is -2.29. The second-order valence-electron chi connectivity index (χ2n) is 4.99. The largest absolute Gasteiger partial charge is 0.495 e. The zero-order chi connectivity index (χ0) is 15.7. The summed E-state index contributed by atoms with van der Waals surface area (Å²) in [5.41, 5.74) is 0.698. The summed E-state index contributed by atoms with van der Waals surface area (Å²) in [6, 6.07) is 5.24. The van der Waals surface area contributed by atoms with E-state index in [9.17, 15) is 4.79 Å². The maximum absolute atomic E-state index is 12.0. The molecule has 0 saturated heterocycles. The third-order valence-corrected chi connectivity index (χ3v) is 3.47. The average Bonchev–Trinajstić information content (AvgIpc) is 2.45. The fourth-order valence-corrected chi connectivity index (χ4v) is 2.45. The van der Waals surface area contributed by atoms with E-state index < -0.39 is 0 Å². The SMILES string of the molecule is CCCN(CCC)CCC(=O)Nc1ccc(OC)c(Cl)c1. The minimum atomic E-state index is 0.00781. The molecule has 0 aliphatic carbocycles. The van der Waals surface area contributed by atoms with Gasteiger partial charge in [-0.1, -0.05) is 25.4 Å². The highest BCUT2D eigenvalue weighted by atomic mass is 35.5. The maximum atomic E-state index is 12.0. The summed E-state index contributed by atoms with van der Waals surface area (Å²) in [7, 11) is 1.56. The van der Waals surface area contributed by atoms with Crippen molar-refractivity contribution < 1.29 is 9.53 Å². The number of carbonyl (C=O) groups excluding carboxylic acids is 1. The van der Waals surface area contributed by atoms with E-state index >= 15 is 0 Å². The lowest BCUT2D eigenvalue weighted by molar-refractivity contribution is -0.116. The number of amides is 1. The Hall–Kier alpha value is -1.26. The molecule has 5 heteroatoms. The van der Waals surface area contributed by atoms with Crippen molar-refractivity contribution in [2.45, 2.75) is 33.1 Å². The lowest BCUT2D eigenvalue weighted by atomic mass is 10.2. The lowest BCUT2D eigenvalue weighted by Gasteiger charge is -2.20. The van der Waals surface area contributed by atoms with E-state index in [1.54, 1.807) is 25.3 Å². The van der Waals surface area contributed by atoms with Crippen molar-refractivity contribution in [2.24, 2.45) is 0 Å². The monoisotopic (exact) mass is 312 g/mol. The van der Waals surface area contributed by atoms with Gasteiger partial charge in [0.05, 0.1) is 12.1 Å². The van der Waals surface area contributed by atoms with Crippen LogP contribution < -0.4 is 10.1 Å². The van der Waals surface area contributed by atoms with E-state index in [0.29, 0.717) is 22.9 Å². The highest BCUT2D eigenvalue weighted by Crippen LogP contribution is 2.27. The van der Waals surface area contributed by atoms with Crippen LogP contribution in [0.1, 0.15) is 33.1 Å². The van der Waals surface area contributed by atoms with Crippen LogP contribution in [-0.4, -0.2) is 37.6 Å². The van der Waals surface area contributed by atoms with Gasteiger partial charge in [0, 0.05) is 18.7 Å². The molecular formula is C16H25ClN2O2. The van der Waals surface area contributed by atoms with Crippen molar-refractivity contribution in [1.29, 1.82) is 0 Å². The Labute approximate surface area is 132 Å². The topological polar surface area (TPSA) is 41.6 Å². The standard InChI is InChI=1S/C16H25ClN2O2/c1-4-9-19(10-5-2)11-8-16(20)18-13-6-7-15(21-3)14(17)12-13/h6-7,12H,4-5,8-11H2,1-3H3,(H,18,20). The second-order valence-corrected chi connectivity index (χ2v) is 5.40. The highest BCUT2D eigenvalue weighted by molar-refractivity contribution is 6.32. The molecule has 0 heterocycles. The summed E-state index contributed by atoms with van der Waals surface area (Å²) in [6.45, 7) is 7.17. The molecule has 0 atom stereocenters. The molecule has 1 aromatic rings. The summed E-state index contributed by atoms with van der Waals surface area (Å²) in [5.74, 6) is 0.611. The summed E-state index contributed by atoms with van der Waals surface area (Å²) < 4.78 is 5.09. The Morgan fingerprint density at radius 1 is 1.24 bits per heavy atom. The summed E-state index contributed by atoms with van der Waals surface area (Å²) >= 11 is 6.04. The number of benzene rings is 1. The van der Waals surface area contributed by atoms with E-state index in [1.807, 2.05) is 0 Å². The molecule has 0 fully saturated rings. The number of rotatable bonds is 9. The van der Waals surface area contributed by atoms with Gasteiger partial charge >= 0.3 is 0 Å². The van der Waals surface area contributed by atoms with Gasteiger partial charge in [0.15, 0.2) is 0 Å². The quantitative estimate of drug-likeness (QED) is 0.754. The van der Waals surface area contributed by atoms with Gasteiger partial charge < -0.3 is 15.0 Å². The van der Waals surface area contributed by atoms with Gasteiger partial charge in [-0.15, -0.1) is 0 Å². The van der Waals surface area contributed by atoms with Gasteiger partial charge in [0.2, 0.25) is 5.91 Å². The molecule has 0 aliphatic heterocycles. The fraction of sp³-hybridized carbons (Fsp3) is 0.562. The zero-order valence-electron chi connectivity index (χ0n) is 13.1. The van der Waals surface area contributed by atoms with E-state index in [1.165, 1.54) is 0 Å². The number of ether oxygens (including phenoxy) is 1. The van der Waals surface area contributed by atoms with E-state index in [-0.39, 0.29) is 5.91 Å². The van der Waals surface area contributed by atoms with E-state index in [0.717, 1.165) is 32.5 Å². The smallest absolute Gasteiger partial charge is 0.225 e. The molecule has 1 N–H and O–H groups in total. The van der Waals surface area contributed by atoms with Crippen molar-refractivity contribution in [2.75, 3.05) is 32.1 Å². The normalized spacial score (nSPS) is 10.7. The Morgan fingerprint density at radius 3 is 2.43 bits per heavy atom. The summed E-state index contributed by atoms with van der Waals surface area (Å²) in [6.07, 6.45) is 2.70. The van der Waals surface area contributed by atoms with Crippen LogP contribution in [0.25, 0.3) is 0 Å². The molecule has 0 radical (unpaired) electrons. The third-order valence-electron chi connectivity index (χ3n) is 3.17.